The van der Waals surface area contributed by atoms with Gasteiger partial charge in [0.15, 0.2) is 5.65 Å². The molecule has 1 aliphatic rings. The Morgan fingerprint density at radius 1 is 1.21 bits per heavy atom. The van der Waals surface area contributed by atoms with Crippen LogP contribution in [-0.4, -0.2) is 15.0 Å². The number of nitrogens with one attached hydrogen (secondary N) is 1. The van der Waals surface area contributed by atoms with Crippen molar-refractivity contribution in [1.82, 2.24) is 15.0 Å². The van der Waals surface area contributed by atoms with Gasteiger partial charge in [0.2, 0.25) is 0 Å². The molecule has 2 aromatic heterocycles. The summed E-state index contributed by atoms with van der Waals surface area (Å²) in [5.41, 5.74) is -1.61. The predicted molar refractivity (Wildman–Crippen MR) is 61.8 cm³/mol. The molecule has 7 heteroatoms. The minimum absolute atomic E-state index is 0.0797. The molecule has 19 heavy (non-hydrogen) atoms. The normalized spacial score (nSPS) is 16.6. The van der Waals surface area contributed by atoms with Crippen molar-refractivity contribution < 1.29 is 13.2 Å². The number of alkyl halides is 3. The van der Waals surface area contributed by atoms with Gasteiger partial charge in [0.25, 0.3) is 5.56 Å². The molecule has 0 amide bonds. The Morgan fingerprint density at radius 2 is 1.95 bits per heavy atom. The van der Waals surface area contributed by atoms with Crippen molar-refractivity contribution in [3.05, 3.63) is 34.0 Å². The number of rotatable bonds is 1. The molecule has 3 rings (SSSR count). The van der Waals surface area contributed by atoms with Crippen molar-refractivity contribution in [1.29, 1.82) is 0 Å². The first-order valence-electron chi connectivity index (χ1n) is 5.93. The molecule has 100 valence electrons. The summed E-state index contributed by atoms with van der Waals surface area (Å²) in [7, 11) is 0. The summed E-state index contributed by atoms with van der Waals surface area (Å²) < 4.78 is 37.7. The average molecular weight is 269 g/mol. The molecule has 0 unspecified atom stereocenters. The van der Waals surface area contributed by atoms with Crippen LogP contribution < -0.4 is 5.56 Å². The van der Waals surface area contributed by atoms with Gasteiger partial charge >= 0.3 is 6.18 Å². The lowest BCUT2D eigenvalue weighted by molar-refractivity contribution is -0.141. The minimum atomic E-state index is -4.53. The van der Waals surface area contributed by atoms with E-state index in [1.54, 1.807) is 0 Å². The second-order valence-electron chi connectivity index (χ2n) is 4.64. The van der Waals surface area contributed by atoms with Crippen LogP contribution in [0.3, 0.4) is 0 Å². The number of nitrogens with zero attached hydrogens (tertiary/aromatic N) is 2. The number of aromatic nitrogens is 3. The van der Waals surface area contributed by atoms with E-state index in [1.165, 1.54) is 0 Å². The van der Waals surface area contributed by atoms with Gasteiger partial charge < -0.3 is 4.98 Å². The highest BCUT2D eigenvalue weighted by molar-refractivity contribution is 5.73. The highest BCUT2D eigenvalue weighted by Crippen LogP contribution is 2.34. The summed E-state index contributed by atoms with van der Waals surface area (Å²) in [6.45, 7) is 0. The third kappa shape index (κ3) is 2.09. The van der Waals surface area contributed by atoms with Gasteiger partial charge in [-0.2, -0.15) is 13.2 Å². The highest BCUT2D eigenvalue weighted by atomic mass is 19.4. The molecule has 0 saturated heterocycles. The molecule has 0 bridgehead atoms. The van der Waals surface area contributed by atoms with Crippen LogP contribution in [0.5, 0.6) is 0 Å². The molecular weight excluding hydrogens is 259 g/mol. The number of hydrogen-bond acceptors (Lipinski definition) is 3. The van der Waals surface area contributed by atoms with E-state index < -0.39 is 17.4 Å². The van der Waals surface area contributed by atoms with Gasteiger partial charge in [0.1, 0.15) is 11.5 Å². The fourth-order valence-corrected chi connectivity index (χ4v) is 2.07. The molecule has 2 heterocycles. The topological polar surface area (TPSA) is 58.6 Å². The van der Waals surface area contributed by atoms with Crippen molar-refractivity contribution in [2.24, 2.45) is 0 Å². The maximum absolute atomic E-state index is 12.6. The van der Waals surface area contributed by atoms with Crippen LogP contribution >= 0.6 is 0 Å². The lowest BCUT2D eigenvalue weighted by Crippen LogP contribution is -2.20. The maximum Gasteiger partial charge on any atom is 0.433 e. The number of hydrogen-bond donors (Lipinski definition) is 1. The zero-order chi connectivity index (χ0) is 13.6. The number of fused-ring (bicyclic) bond motifs is 1. The van der Waals surface area contributed by atoms with E-state index >= 15 is 0 Å². The van der Waals surface area contributed by atoms with E-state index in [2.05, 4.69) is 15.0 Å². The highest BCUT2D eigenvalue weighted by Gasteiger charge is 2.33. The molecule has 0 radical (unpaired) electrons. The summed E-state index contributed by atoms with van der Waals surface area (Å²) in [6.07, 6.45) is -1.70. The van der Waals surface area contributed by atoms with Crippen molar-refractivity contribution in [3.8, 4) is 0 Å². The maximum atomic E-state index is 12.6. The molecule has 2 aromatic rings. The second kappa shape index (κ2) is 4.04. The average Bonchev–Trinajstić information content (AvgIpc) is 2.24. The van der Waals surface area contributed by atoms with Crippen molar-refractivity contribution in [2.75, 3.05) is 0 Å². The molecule has 1 saturated carbocycles. The molecule has 0 aliphatic heterocycles. The number of aromatic amines is 1. The lowest BCUT2D eigenvalue weighted by atomic mass is 9.85. The van der Waals surface area contributed by atoms with E-state index in [1.807, 2.05) is 0 Å². The summed E-state index contributed by atoms with van der Waals surface area (Å²) >= 11 is 0. The number of H-pyrrole nitrogens is 1. The van der Waals surface area contributed by atoms with Crippen LogP contribution in [0.1, 0.15) is 36.7 Å². The second-order valence-corrected chi connectivity index (χ2v) is 4.64. The molecule has 1 aliphatic carbocycles. The van der Waals surface area contributed by atoms with Gasteiger partial charge in [0.05, 0.1) is 5.39 Å². The van der Waals surface area contributed by atoms with E-state index in [0.717, 1.165) is 31.4 Å². The van der Waals surface area contributed by atoms with Gasteiger partial charge in [-0.25, -0.2) is 9.97 Å². The Hall–Kier alpha value is -1.92. The van der Waals surface area contributed by atoms with Crippen LogP contribution in [0.2, 0.25) is 0 Å². The van der Waals surface area contributed by atoms with Crippen LogP contribution in [0.4, 0.5) is 13.2 Å². The molecular formula is C12H10F3N3O. The number of pyridine rings is 1. The van der Waals surface area contributed by atoms with Crippen molar-refractivity contribution >= 4 is 11.0 Å². The zero-order valence-electron chi connectivity index (χ0n) is 9.79. The molecule has 0 spiro atoms. The SMILES string of the molecule is O=c1[nH]c(C2CCC2)nc2nc(C(F)(F)F)ccc12. The summed E-state index contributed by atoms with van der Waals surface area (Å²) in [5, 5.41) is 0.0797. The third-order valence-electron chi connectivity index (χ3n) is 3.37. The zero-order valence-corrected chi connectivity index (χ0v) is 9.79. The smallest absolute Gasteiger partial charge is 0.310 e. The van der Waals surface area contributed by atoms with Crippen LogP contribution in [0.15, 0.2) is 16.9 Å². The third-order valence-corrected chi connectivity index (χ3v) is 3.37. The van der Waals surface area contributed by atoms with E-state index in [0.29, 0.717) is 5.82 Å². The summed E-state index contributed by atoms with van der Waals surface area (Å²) in [6, 6.07) is 1.91. The summed E-state index contributed by atoms with van der Waals surface area (Å²) in [5.74, 6) is 0.573. The quantitative estimate of drug-likeness (QED) is 0.865. The van der Waals surface area contributed by atoms with Crippen LogP contribution in [-0.2, 0) is 6.18 Å². The first kappa shape index (κ1) is 12.1. The van der Waals surface area contributed by atoms with Gasteiger partial charge in [-0.1, -0.05) is 6.42 Å². The largest absolute Gasteiger partial charge is 0.433 e. The van der Waals surface area contributed by atoms with E-state index in [-0.39, 0.29) is 17.0 Å². The Labute approximate surface area is 105 Å². The van der Waals surface area contributed by atoms with E-state index in [9.17, 15) is 18.0 Å². The van der Waals surface area contributed by atoms with Gasteiger partial charge in [-0.15, -0.1) is 0 Å². The van der Waals surface area contributed by atoms with Gasteiger partial charge in [-0.3, -0.25) is 4.79 Å². The lowest BCUT2D eigenvalue weighted by Gasteiger charge is -2.24. The van der Waals surface area contributed by atoms with Crippen LogP contribution in [0.25, 0.3) is 11.0 Å². The molecule has 1 fully saturated rings. The number of halogens is 3. The Kier molecular flexibility index (Phi) is 2.58. The Bertz CT molecular complexity index is 689. The van der Waals surface area contributed by atoms with E-state index in [4.69, 9.17) is 0 Å². The molecule has 4 nitrogen and oxygen atoms in total. The minimum Gasteiger partial charge on any atom is -0.310 e. The Balaban J connectivity index is 2.17. The molecule has 0 atom stereocenters. The van der Waals surface area contributed by atoms with Crippen LogP contribution in [0, 0.1) is 0 Å². The van der Waals surface area contributed by atoms with Gasteiger partial charge in [0, 0.05) is 5.92 Å². The Morgan fingerprint density at radius 3 is 2.53 bits per heavy atom. The van der Waals surface area contributed by atoms with Crippen molar-refractivity contribution in [2.45, 2.75) is 31.4 Å². The predicted octanol–water partition coefficient (Wildman–Crippen LogP) is 2.60. The first-order valence-corrected chi connectivity index (χ1v) is 5.93. The van der Waals surface area contributed by atoms with Gasteiger partial charge in [-0.05, 0) is 25.0 Å². The standard InChI is InChI=1S/C12H10F3N3O/c13-12(14,15)8-5-4-7-10(16-8)17-9(18-11(7)19)6-2-1-3-6/h4-6H,1-3H2,(H,16,17,18,19). The monoisotopic (exact) mass is 269 g/mol. The molecule has 0 aromatic carbocycles. The van der Waals surface area contributed by atoms with Crippen molar-refractivity contribution in [3.63, 3.8) is 0 Å². The first-order chi connectivity index (χ1) is 8.95. The molecule has 1 N–H and O–H groups in total. The fraction of sp³-hybridized carbons (Fsp3) is 0.417. The fourth-order valence-electron chi connectivity index (χ4n) is 2.07. The summed E-state index contributed by atoms with van der Waals surface area (Å²) in [4.78, 5) is 21.9.